The molecule has 0 fully saturated rings. The molecule has 1 nitrogen and oxygen atoms in total. The molecule has 0 heterocycles. The molecule has 0 aliphatic rings. The van der Waals surface area contributed by atoms with Crippen molar-refractivity contribution in [1.82, 2.24) is 5.32 Å². The van der Waals surface area contributed by atoms with E-state index < -0.39 is 0 Å². The highest BCUT2D eigenvalue weighted by molar-refractivity contribution is 7.99. The molecule has 0 saturated heterocycles. The van der Waals surface area contributed by atoms with Crippen LogP contribution in [0.25, 0.3) is 0 Å². The van der Waals surface area contributed by atoms with Gasteiger partial charge in [-0.2, -0.15) is 0 Å². The zero-order valence-corrected chi connectivity index (χ0v) is 15.0. The summed E-state index contributed by atoms with van der Waals surface area (Å²) in [5.74, 6) is 1.19. The average molecular weight is 308 g/mol. The first-order valence-corrected chi connectivity index (χ1v) is 9.67. The lowest BCUT2D eigenvalue weighted by Crippen LogP contribution is -2.31. The molecule has 0 aromatic heterocycles. The Labute approximate surface area is 136 Å². The van der Waals surface area contributed by atoms with Crippen molar-refractivity contribution in [2.45, 2.75) is 76.7 Å². The first-order valence-electron chi connectivity index (χ1n) is 8.69. The molecular weight excluding hydrogens is 274 g/mol. The lowest BCUT2D eigenvalue weighted by atomic mass is 10.1. The zero-order valence-electron chi connectivity index (χ0n) is 14.2. The lowest BCUT2D eigenvalue weighted by molar-refractivity contribution is 0.494. The summed E-state index contributed by atoms with van der Waals surface area (Å²) in [4.78, 5) is 1.39. The van der Waals surface area contributed by atoms with Gasteiger partial charge in [0.1, 0.15) is 0 Å². The van der Waals surface area contributed by atoms with Crippen LogP contribution in [0.3, 0.4) is 0 Å². The summed E-state index contributed by atoms with van der Waals surface area (Å²) in [5.41, 5.74) is 1.34. The maximum Gasteiger partial charge on any atom is 0.0161 e. The van der Waals surface area contributed by atoms with Gasteiger partial charge in [0.05, 0.1) is 0 Å². The number of rotatable bonds is 12. The Balaban J connectivity index is 2.21. The molecule has 0 spiro atoms. The SMILES string of the molecule is CCCCCCCCC(CSc1ccc(C)cc1)NCC. The van der Waals surface area contributed by atoms with Crippen molar-refractivity contribution in [2.24, 2.45) is 0 Å². The molecule has 1 atom stereocenters. The molecule has 1 rings (SSSR count). The van der Waals surface area contributed by atoms with Gasteiger partial charge in [0.2, 0.25) is 0 Å². The van der Waals surface area contributed by atoms with Crippen molar-refractivity contribution in [3.05, 3.63) is 29.8 Å². The highest BCUT2D eigenvalue weighted by Crippen LogP contribution is 2.21. The summed E-state index contributed by atoms with van der Waals surface area (Å²) in [7, 11) is 0. The maximum atomic E-state index is 3.65. The van der Waals surface area contributed by atoms with E-state index in [9.17, 15) is 0 Å². The highest BCUT2D eigenvalue weighted by Gasteiger charge is 2.07. The first-order chi connectivity index (χ1) is 10.3. The summed E-state index contributed by atoms with van der Waals surface area (Å²) in [5, 5.41) is 3.65. The summed E-state index contributed by atoms with van der Waals surface area (Å²) < 4.78 is 0. The Morgan fingerprint density at radius 3 is 2.29 bits per heavy atom. The third-order valence-electron chi connectivity index (χ3n) is 3.87. The largest absolute Gasteiger partial charge is 0.313 e. The minimum atomic E-state index is 0.660. The second-order valence-corrected chi connectivity index (χ2v) is 7.03. The van der Waals surface area contributed by atoms with E-state index >= 15 is 0 Å². The van der Waals surface area contributed by atoms with Crippen LogP contribution < -0.4 is 5.32 Å². The molecule has 0 radical (unpaired) electrons. The van der Waals surface area contributed by atoms with Gasteiger partial charge in [-0.3, -0.25) is 0 Å². The highest BCUT2D eigenvalue weighted by atomic mass is 32.2. The fraction of sp³-hybridized carbons (Fsp3) is 0.684. The van der Waals surface area contributed by atoms with Gasteiger partial charge in [-0.05, 0) is 32.0 Å². The third-order valence-corrected chi connectivity index (χ3v) is 5.05. The predicted octanol–water partition coefficient (Wildman–Crippen LogP) is 5.82. The van der Waals surface area contributed by atoms with E-state index in [1.54, 1.807) is 0 Å². The molecule has 0 bridgehead atoms. The predicted molar refractivity (Wildman–Crippen MR) is 97.4 cm³/mol. The van der Waals surface area contributed by atoms with Gasteiger partial charge < -0.3 is 5.32 Å². The number of unbranched alkanes of at least 4 members (excludes halogenated alkanes) is 5. The van der Waals surface area contributed by atoms with E-state index in [1.807, 2.05) is 11.8 Å². The van der Waals surface area contributed by atoms with E-state index in [1.165, 1.54) is 61.2 Å². The minimum absolute atomic E-state index is 0.660. The van der Waals surface area contributed by atoms with Crippen LogP contribution in [0.1, 0.15) is 64.4 Å². The van der Waals surface area contributed by atoms with Gasteiger partial charge in [0.15, 0.2) is 0 Å². The van der Waals surface area contributed by atoms with Crippen LogP contribution in [0.5, 0.6) is 0 Å². The van der Waals surface area contributed by atoms with Gasteiger partial charge >= 0.3 is 0 Å². The molecule has 21 heavy (non-hydrogen) atoms. The van der Waals surface area contributed by atoms with Crippen molar-refractivity contribution < 1.29 is 0 Å². The summed E-state index contributed by atoms with van der Waals surface area (Å²) >= 11 is 1.99. The van der Waals surface area contributed by atoms with Gasteiger partial charge in [-0.15, -0.1) is 11.8 Å². The standard InChI is InChI=1S/C19H33NS/c1-4-6-7-8-9-10-11-18(20-5-2)16-21-19-14-12-17(3)13-15-19/h12-15,18,20H,4-11,16H2,1-3H3. The molecule has 0 aliphatic heterocycles. The topological polar surface area (TPSA) is 12.0 Å². The number of benzene rings is 1. The second kappa shape index (κ2) is 12.1. The van der Waals surface area contributed by atoms with E-state index in [2.05, 4.69) is 50.4 Å². The molecule has 0 saturated carbocycles. The van der Waals surface area contributed by atoms with Crippen molar-refractivity contribution >= 4 is 11.8 Å². The number of hydrogen-bond acceptors (Lipinski definition) is 2. The van der Waals surface area contributed by atoms with E-state index in [-0.39, 0.29) is 0 Å². The van der Waals surface area contributed by atoms with Crippen LogP contribution in [0.2, 0.25) is 0 Å². The van der Waals surface area contributed by atoms with Crippen molar-refractivity contribution in [3.8, 4) is 0 Å². The average Bonchev–Trinajstić information content (AvgIpc) is 2.49. The van der Waals surface area contributed by atoms with Crippen LogP contribution in [0.4, 0.5) is 0 Å². The number of nitrogens with one attached hydrogen (secondary N) is 1. The van der Waals surface area contributed by atoms with Crippen LogP contribution >= 0.6 is 11.8 Å². The Kier molecular flexibility index (Phi) is 10.7. The van der Waals surface area contributed by atoms with Crippen molar-refractivity contribution in [1.29, 1.82) is 0 Å². The second-order valence-electron chi connectivity index (χ2n) is 5.94. The Hall–Kier alpha value is -0.470. The van der Waals surface area contributed by atoms with Crippen molar-refractivity contribution in [2.75, 3.05) is 12.3 Å². The van der Waals surface area contributed by atoms with E-state index in [0.717, 1.165) is 6.54 Å². The molecule has 0 amide bonds. The molecule has 1 unspecified atom stereocenters. The first kappa shape index (κ1) is 18.6. The fourth-order valence-corrected chi connectivity index (χ4v) is 3.54. The Bertz CT molecular complexity index is 347. The smallest absolute Gasteiger partial charge is 0.0161 e. The monoisotopic (exact) mass is 307 g/mol. The van der Waals surface area contributed by atoms with Gasteiger partial charge in [-0.25, -0.2) is 0 Å². The van der Waals surface area contributed by atoms with Crippen LogP contribution in [0.15, 0.2) is 29.2 Å². The van der Waals surface area contributed by atoms with Crippen LogP contribution in [0, 0.1) is 6.92 Å². The maximum absolute atomic E-state index is 3.65. The van der Waals surface area contributed by atoms with E-state index in [0.29, 0.717) is 6.04 Å². The number of aryl methyl sites for hydroxylation is 1. The number of hydrogen-bond donors (Lipinski definition) is 1. The normalized spacial score (nSPS) is 12.5. The molecule has 120 valence electrons. The minimum Gasteiger partial charge on any atom is -0.313 e. The van der Waals surface area contributed by atoms with Crippen molar-refractivity contribution in [3.63, 3.8) is 0 Å². The quantitative estimate of drug-likeness (QED) is 0.386. The van der Waals surface area contributed by atoms with E-state index in [4.69, 9.17) is 0 Å². The summed E-state index contributed by atoms with van der Waals surface area (Å²) in [6.45, 7) is 7.72. The molecule has 1 aromatic rings. The molecule has 1 N–H and O–H groups in total. The summed E-state index contributed by atoms with van der Waals surface area (Å²) in [6.07, 6.45) is 9.66. The van der Waals surface area contributed by atoms with Crippen LogP contribution in [-0.4, -0.2) is 18.3 Å². The van der Waals surface area contributed by atoms with Gasteiger partial charge in [-0.1, -0.05) is 70.1 Å². The third kappa shape index (κ3) is 9.21. The van der Waals surface area contributed by atoms with Gasteiger partial charge in [0, 0.05) is 16.7 Å². The van der Waals surface area contributed by atoms with Gasteiger partial charge in [0.25, 0.3) is 0 Å². The van der Waals surface area contributed by atoms with Crippen LogP contribution in [-0.2, 0) is 0 Å². The lowest BCUT2D eigenvalue weighted by Gasteiger charge is -2.17. The molecule has 0 aliphatic carbocycles. The fourth-order valence-electron chi connectivity index (χ4n) is 2.54. The molecular formula is C19H33NS. The Morgan fingerprint density at radius 1 is 0.952 bits per heavy atom. The number of thioether (sulfide) groups is 1. The molecule has 2 heteroatoms. The molecule has 1 aromatic carbocycles. The zero-order chi connectivity index (χ0) is 15.3. The Morgan fingerprint density at radius 2 is 1.62 bits per heavy atom. The summed E-state index contributed by atoms with van der Waals surface area (Å²) in [6, 6.07) is 9.56.